The van der Waals surface area contributed by atoms with Crippen LogP contribution in [0.3, 0.4) is 0 Å². The second-order valence-electron chi connectivity index (χ2n) is 6.27. The van der Waals surface area contributed by atoms with E-state index in [2.05, 4.69) is 22.3 Å². The third-order valence-corrected chi connectivity index (χ3v) is 5.16. The lowest BCUT2D eigenvalue weighted by molar-refractivity contribution is -0.113. The Kier molecular flexibility index (Phi) is 5.11. The van der Waals surface area contributed by atoms with E-state index >= 15 is 0 Å². The molecule has 0 atom stereocenters. The fourth-order valence-corrected chi connectivity index (χ4v) is 3.67. The molecule has 0 aliphatic carbocycles. The quantitative estimate of drug-likeness (QED) is 0.632. The highest BCUT2D eigenvalue weighted by Gasteiger charge is 2.33. The third kappa shape index (κ3) is 3.69. The number of ether oxygens (including phenoxy) is 1. The van der Waals surface area contributed by atoms with Gasteiger partial charge in [0.1, 0.15) is 5.70 Å². The maximum Gasteiger partial charge on any atom is 0.281 e. The molecule has 1 amide bonds. The van der Waals surface area contributed by atoms with Crippen molar-refractivity contribution in [2.24, 2.45) is 0 Å². The number of carbonyl (C=O) groups is 1. The minimum atomic E-state index is -0.217. The molecule has 2 heterocycles. The topological polar surface area (TPSA) is 44.8 Å². The van der Waals surface area contributed by atoms with Crippen molar-refractivity contribution in [2.45, 2.75) is 0 Å². The first kappa shape index (κ1) is 18.0. The number of thiocarbonyl (C=S) groups is 1. The average Bonchev–Trinajstić information content (AvgIpc) is 2.97. The van der Waals surface area contributed by atoms with Crippen molar-refractivity contribution < 1.29 is 9.53 Å². The largest absolute Gasteiger partial charge is 0.378 e. The number of para-hydroxylation sites is 1. The minimum absolute atomic E-state index is 0.217. The molecule has 2 aliphatic heterocycles. The van der Waals surface area contributed by atoms with E-state index < -0.39 is 0 Å². The highest BCUT2D eigenvalue weighted by Crippen LogP contribution is 2.29. The van der Waals surface area contributed by atoms with Gasteiger partial charge in [0, 0.05) is 18.8 Å². The molecule has 0 radical (unpaired) electrons. The van der Waals surface area contributed by atoms with Crippen LogP contribution in [0.2, 0.25) is 5.02 Å². The van der Waals surface area contributed by atoms with Gasteiger partial charge in [0.15, 0.2) is 5.11 Å². The number of anilines is 2. The van der Waals surface area contributed by atoms with E-state index in [4.69, 9.17) is 28.6 Å². The van der Waals surface area contributed by atoms with Crippen LogP contribution < -0.4 is 15.1 Å². The highest BCUT2D eigenvalue weighted by molar-refractivity contribution is 7.80. The predicted molar refractivity (Wildman–Crippen MR) is 112 cm³/mol. The van der Waals surface area contributed by atoms with Gasteiger partial charge in [-0.1, -0.05) is 35.9 Å². The molecule has 2 aliphatic rings. The van der Waals surface area contributed by atoms with E-state index in [-0.39, 0.29) is 5.91 Å². The van der Waals surface area contributed by atoms with Gasteiger partial charge in [0.2, 0.25) is 0 Å². The van der Waals surface area contributed by atoms with Crippen molar-refractivity contribution in [1.82, 2.24) is 5.32 Å². The van der Waals surface area contributed by atoms with Crippen LogP contribution in [0.25, 0.3) is 6.08 Å². The molecule has 1 N–H and O–H groups in total. The summed E-state index contributed by atoms with van der Waals surface area (Å²) in [5, 5.41) is 3.79. The molecule has 5 nitrogen and oxygen atoms in total. The Bertz CT molecular complexity index is 908. The van der Waals surface area contributed by atoms with Crippen LogP contribution in [0.1, 0.15) is 5.56 Å². The number of hydrogen-bond donors (Lipinski definition) is 1. The molecule has 2 fully saturated rings. The van der Waals surface area contributed by atoms with Crippen LogP contribution in [0, 0.1) is 0 Å². The summed E-state index contributed by atoms with van der Waals surface area (Å²) in [6.07, 6.45) is 1.80. The van der Waals surface area contributed by atoms with Gasteiger partial charge in [-0.2, -0.15) is 0 Å². The number of morpholine rings is 1. The number of carbonyl (C=O) groups excluding carboxylic acids is 1. The van der Waals surface area contributed by atoms with E-state index in [9.17, 15) is 4.79 Å². The van der Waals surface area contributed by atoms with Gasteiger partial charge < -0.3 is 15.0 Å². The van der Waals surface area contributed by atoms with Gasteiger partial charge in [-0.25, -0.2) is 0 Å². The van der Waals surface area contributed by atoms with Crippen molar-refractivity contribution in [3.05, 3.63) is 64.8 Å². The van der Waals surface area contributed by atoms with Crippen molar-refractivity contribution >= 4 is 52.3 Å². The Labute approximate surface area is 168 Å². The van der Waals surface area contributed by atoms with Gasteiger partial charge in [-0.05, 0) is 48.1 Å². The Balaban J connectivity index is 1.55. The summed E-state index contributed by atoms with van der Waals surface area (Å²) in [4.78, 5) is 16.5. The molecule has 0 unspecified atom stereocenters. The summed E-state index contributed by atoms with van der Waals surface area (Å²) in [5.74, 6) is -0.217. The standard InChI is InChI=1S/C20H18ClN3O2S/c21-16-3-1-2-4-18(16)24-19(25)17(22-20(24)27)13-14-5-7-15(8-6-14)23-9-11-26-12-10-23/h1-8,13H,9-12H2,(H,22,27)/b17-13+. The normalized spacial score (nSPS) is 18.9. The van der Waals surface area contributed by atoms with Crippen molar-refractivity contribution in [3.63, 3.8) is 0 Å². The zero-order chi connectivity index (χ0) is 18.8. The molecule has 0 spiro atoms. The van der Waals surface area contributed by atoms with Crippen molar-refractivity contribution in [1.29, 1.82) is 0 Å². The molecule has 7 heteroatoms. The lowest BCUT2D eigenvalue weighted by atomic mass is 10.1. The number of amides is 1. The molecule has 0 bridgehead atoms. The Hall–Kier alpha value is -2.41. The molecular weight excluding hydrogens is 382 g/mol. The maximum atomic E-state index is 12.8. The fourth-order valence-electron chi connectivity index (χ4n) is 3.16. The van der Waals surface area contributed by atoms with Gasteiger partial charge in [-0.15, -0.1) is 0 Å². The first-order chi connectivity index (χ1) is 13.1. The summed E-state index contributed by atoms with van der Waals surface area (Å²) in [6, 6.07) is 15.2. The zero-order valence-corrected chi connectivity index (χ0v) is 16.1. The van der Waals surface area contributed by atoms with Gasteiger partial charge in [0.05, 0.1) is 23.9 Å². The van der Waals surface area contributed by atoms with Crippen molar-refractivity contribution in [2.75, 3.05) is 36.1 Å². The molecule has 0 saturated carbocycles. The molecule has 2 saturated heterocycles. The number of rotatable bonds is 3. The second-order valence-corrected chi connectivity index (χ2v) is 7.06. The molecule has 138 valence electrons. The third-order valence-electron chi connectivity index (χ3n) is 4.55. The number of nitrogens with zero attached hydrogens (tertiary/aromatic N) is 2. The highest BCUT2D eigenvalue weighted by atomic mass is 35.5. The van der Waals surface area contributed by atoms with Crippen molar-refractivity contribution in [3.8, 4) is 0 Å². The van der Waals surface area contributed by atoms with E-state index in [0.29, 0.717) is 21.5 Å². The van der Waals surface area contributed by atoms with Gasteiger partial charge >= 0.3 is 0 Å². The first-order valence-electron chi connectivity index (χ1n) is 8.68. The molecule has 27 heavy (non-hydrogen) atoms. The zero-order valence-electron chi connectivity index (χ0n) is 14.5. The summed E-state index contributed by atoms with van der Waals surface area (Å²) < 4.78 is 5.39. The lowest BCUT2D eigenvalue weighted by Crippen LogP contribution is -2.36. The van der Waals surface area contributed by atoms with Crippen LogP contribution in [0.5, 0.6) is 0 Å². The smallest absolute Gasteiger partial charge is 0.281 e. The predicted octanol–water partition coefficient (Wildman–Crippen LogP) is 3.44. The molecular formula is C20H18ClN3O2S. The molecule has 4 rings (SSSR count). The number of halogens is 1. The van der Waals surface area contributed by atoms with E-state index in [1.54, 1.807) is 18.2 Å². The first-order valence-corrected chi connectivity index (χ1v) is 9.46. The lowest BCUT2D eigenvalue weighted by Gasteiger charge is -2.28. The van der Waals surface area contributed by atoms with Crippen LogP contribution >= 0.6 is 23.8 Å². The Morgan fingerprint density at radius 2 is 1.78 bits per heavy atom. The van der Waals surface area contributed by atoms with E-state index in [1.807, 2.05) is 24.3 Å². The molecule has 0 aromatic heterocycles. The Morgan fingerprint density at radius 3 is 2.48 bits per heavy atom. The maximum absolute atomic E-state index is 12.8. The molecule has 2 aromatic rings. The SMILES string of the molecule is O=C1/C(=C\c2ccc(N3CCOCC3)cc2)NC(=S)N1c1ccccc1Cl. The van der Waals surface area contributed by atoms with Gasteiger partial charge in [-0.3, -0.25) is 9.69 Å². The van der Waals surface area contributed by atoms with Crippen LogP contribution in [-0.2, 0) is 9.53 Å². The van der Waals surface area contributed by atoms with Gasteiger partial charge in [0.25, 0.3) is 5.91 Å². The number of nitrogens with one attached hydrogen (secondary N) is 1. The minimum Gasteiger partial charge on any atom is -0.378 e. The van der Waals surface area contributed by atoms with Crippen LogP contribution in [-0.4, -0.2) is 37.3 Å². The summed E-state index contributed by atoms with van der Waals surface area (Å²) in [7, 11) is 0. The van der Waals surface area contributed by atoms with Crippen LogP contribution in [0.15, 0.2) is 54.2 Å². The monoisotopic (exact) mass is 399 g/mol. The summed E-state index contributed by atoms with van der Waals surface area (Å²) in [6.45, 7) is 3.28. The summed E-state index contributed by atoms with van der Waals surface area (Å²) >= 11 is 11.6. The van der Waals surface area contributed by atoms with E-state index in [0.717, 1.165) is 37.6 Å². The fraction of sp³-hybridized carbons (Fsp3) is 0.200. The Morgan fingerprint density at radius 1 is 1.07 bits per heavy atom. The number of hydrogen-bond acceptors (Lipinski definition) is 4. The summed E-state index contributed by atoms with van der Waals surface area (Å²) in [5.41, 5.74) is 3.08. The van der Waals surface area contributed by atoms with E-state index in [1.165, 1.54) is 4.90 Å². The molecule has 2 aromatic carbocycles. The average molecular weight is 400 g/mol. The second kappa shape index (κ2) is 7.68. The number of benzene rings is 2. The van der Waals surface area contributed by atoms with Crippen LogP contribution in [0.4, 0.5) is 11.4 Å².